The number of carbonyl (C=O) groups is 1. The van der Waals surface area contributed by atoms with Crippen molar-refractivity contribution in [2.45, 2.75) is 42.9 Å². The monoisotopic (exact) mass is 338 g/mol. The molecule has 2 rings (SSSR count). The number of hydrogen-bond donors (Lipinski definition) is 7. The number of esters is 1. The Balaban J connectivity index is 2.16. The van der Waals surface area contributed by atoms with E-state index in [0.29, 0.717) is 0 Å². The molecule has 11 heteroatoms. The van der Waals surface area contributed by atoms with Crippen LogP contribution >= 0.6 is 0 Å². The van der Waals surface area contributed by atoms with Gasteiger partial charge in [0, 0.05) is 0 Å². The molecule has 0 aromatic rings. The number of carbonyl (C=O) groups excluding carboxylic acids is 1. The van der Waals surface area contributed by atoms with Gasteiger partial charge in [-0.1, -0.05) is 0 Å². The van der Waals surface area contributed by atoms with Gasteiger partial charge >= 0.3 is 5.97 Å². The summed E-state index contributed by atoms with van der Waals surface area (Å²) in [5, 5.41) is 66.1. The topological polar surface area (TPSA) is 186 Å². The average molecular weight is 338 g/mol. The van der Waals surface area contributed by atoms with Crippen molar-refractivity contribution in [3.05, 3.63) is 11.5 Å². The van der Waals surface area contributed by atoms with Crippen molar-refractivity contribution in [2.75, 3.05) is 13.2 Å². The molecule has 1 saturated heterocycles. The van der Waals surface area contributed by atoms with Crippen LogP contribution in [-0.4, -0.2) is 97.8 Å². The van der Waals surface area contributed by atoms with E-state index in [-0.39, 0.29) is 0 Å². The molecule has 0 saturated carbocycles. The fraction of sp³-hybridized carbons (Fsp3) is 0.750. The van der Waals surface area contributed by atoms with Gasteiger partial charge in [-0.15, -0.1) is 0 Å². The molecule has 0 aromatic carbocycles. The smallest absolute Gasteiger partial charge is 0.378 e. The lowest BCUT2D eigenvalue weighted by atomic mass is 9.99. The summed E-state index contributed by atoms with van der Waals surface area (Å²) in [6, 6.07) is 0. The van der Waals surface area contributed by atoms with Crippen LogP contribution in [0.2, 0.25) is 0 Å². The minimum Gasteiger partial charge on any atom is -0.505 e. The van der Waals surface area contributed by atoms with Gasteiger partial charge in [-0.25, -0.2) is 4.79 Å². The quantitative estimate of drug-likeness (QED) is 0.241. The van der Waals surface area contributed by atoms with Gasteiger partial charge < -0.3 is 50.0 Å². The van der Waals surface area contributed by atoms with Gasteiger partial charge in [0.05, 0.1) is 13.2 Å². The molecule has 0 radical (unpaired) electrons. The maximum absolute atomic E-state index is 11.6. The molecule has 23 heavy (non-hydrogen) atoms. The Morgan fingerprint density at radius 2 is 1.78 bits per heavy atom. The first-order chi connectivity index (χ1) is 10.8. The molecule has 2 heterocycles. The first kappa shape index (κ1) is 17.9. The van der Waals surface area contributed by atoms with Crippen LogP contribution in [0.3, 0.4) is 0 Å². The first-order valence-electron chi connectivity index (χ1n) is 6.72. The van der Waals surface area contributed by atoms with Gasteiger partial charge in [0.2, 0.25) is 12.0 Å². The van der Waals surface area contributed by atoms with Crippen molar-refractivity contribution in [3.63, 3.8) is 0 Å². The van der Waals surface area contributed by atoms with E-state index in [1.54, 1.807) is 0 Å². The van der Waals surface area contributed by atoms with E-state index in [1.807, 2.05) is 0 Å². The van der Waals surface area contributed by atoms with E-state index < -0.39 is 73.6 Å². The van der Waals surface area contributed by atoms with Crippen molar-refractivity contribution in [1.29, 1.82) is 0 Å². The zero-order chi connectivity index (χ0) is 17.3. The summed E-state index contributed by atoms with van der Waals surface area (Å²) in [6.45, 7) is -1.50. The van der Waals surface area contributed by atoms with Crippen LogP contribution in [0.5, 0.6) is 0 Å². The molecule has 2 aliphatic rings. The van der Waals surface area contributed by atoms with Crippen molar-refractivity contribution >= 4 is 5.97 Å². The normalized spacial score (nSPS) is 39.3. The summed E-state index contributed by atoms with van der Waals surface area (Å²) in [7, 11) is 0. The predicted octanol–water partition coefficient (Wildman–Crippen LogP) is -4.15. The van der Waals surface area contributed by atoms with Crippen LogP contribution in [-0.2, 0) is 19.0 Å². The van der Waals surface area contributed by atoms with Crippen LogP contribution in [0.4, 0.5) is 0 Å². The molecule has 132 valence electrons. The van der Waals surface area contributed by atoms with Gasteiger partial charge in [-0.2, -0.15) is 0 Å². The van der Waals surface area contributed by atoms with E-state index in [0.717, 1.165) is 0 Å². The van der Waals surface area contributed by atoms with Crippen LogP contribution < -0.4 is 0 Å². The minimum absolute atomic E-state index is 0.702. The molecule has 0 bridgehead atoms. The summed E-state index contributed by atoms with van der Waals surface area (Å²) >= 11 is 0. The molecule has 11 nitrogen and oxygen atoms in total. The molecule has 0 amide bonds. The maximum Gasteiger partial charge on any atom is 0.378 e. The van der Waals surface area contributed by atoms with Gasteiger partial charge in [0.15, 0.2) is 11.9 Å². The molecule has 2 aliphatic heterocycles. The second-order valence-corrected chi connectivity index (χ2v) is 5.11. The zero-order valence-corrected chi connectivity index (χ0v) is 11.7. The zero-order valence-electron chi connectivity index (χ0n) is 11.7. The second kappa shape index (κ2) is 6.97. The van der Waals surface area contributed by atoms with Crippen LogP contribution in [0.25, 0.3) is 0 Å². The molecule has 7 atom stereocenters. The fourth-order valence-corrected chi connectivity index (χ4v) is 2.20. The lowest BCUT2D eigenvalue weighted by molar-refractivity contribution is -0.291. The van der Waals surface area contributed by atoms with Crippen LogP contribution in [0.15, 0.2) is 11.5 Å². The van der Waals surface area contributed by atoms with Gasteiger partial charge in [-0.05, 0) is 0 Å². The van der Waals surface area contributed by atoms with Gasteiger partial charge in [0.1, 0.15) is 30.5 Å². The van der Waals surface area contributed by atoms with Crippen molar-refractivity contribution in [3.8, 4) is 0 Å². The Bertz CT molecular complexity index is 476. The Labute approximate surface area is 129 Å². The van der Waals surface area contributed by atoms with Gasteiger partial charge in [-0.3, -0.25) is 0 Å². The highest BCUT2D eigenvalue weighted by Crippen LogP contribution is 2.29. The standard InChI is InChI=1S/C12H18O11/c13-1-3(15)9-8(19)10(11(20)22-9)23-12-7(18)6(17)5(16)4(2-14)21-12/h3-7,9,12-19H,1-2H2/t3-,4+,5+,6-,7+,9-,12+/m0/s1. The molecule has 1 fully saturated rings. The molecule has 0 aromatic heterocycles. The number of rotatable bonds is 5. The van der Waals surface area contributed by atoms with E-state index in [4.69, 9.17) is 19.7 Å². The molecular weight excluding hydrogens is 320 g/mol. The van der Waals surface area contributed by atoms with Crippen molar-refractivity contribution in [2.24, 2.45) is 0 Å². The lowest BCUT2D eigenvalue weighted by Gasteiger charge is -2.39. The largest absolute Gasteiger partial charge is 0.505 e. The van der Waals surface area contributed by atoms with Gasteiger partial charge in [0.25, 0.3) is 0 Å². The Hall–Kier alpha value is -1.47. The average Bonchev–Trinajstić information content (AvgIpc) is 2.82. The van der Waals surface area contributed by atoms with E-state index in [9.17, 15) is 30.3 Å². The third kappa shape index (κ3) is 3.26. The highest BCUT2D eigenvalue weighted by atomic mass is 16.7. The fourth-order valence-electron chi connectivity index (χ4n) is 2.20. The van der Waals surface area contributed by atoms with E-state index in [1.165, 1.54) is 0 Å². The molecular formula is C12H18O11. The number of ether oxygens (including phenoxy) is 3. The van der Waals surface area contributed by atoms with Crippen LogP contribution in [0, 0.1) is 0 Å². The van der Waals surface area contributed by atoms with E-state index >= 15 is 0 Å². The maximum atomic E-state index is 11.6. The molecule has 0 spiro atoms. The number of cyclic esters (lactones) is 1. The Morgan fingerprint density at radius 3 is 2.35 bits per heavy atom. The first-order valence-corrected chi connectivity index (χ1v) is 6.72. The second-order valence-electron chi connectivity index (χ2n) is 5.11. The molecule has 7 N–H and O–H groups in total. The molecule has 0 aliphatic carbocycles. The summed E-state index contributed by atoms with van der Waals surface area (Å²) in [4.78, 5) is 11.6. The highest BCUT2D eigenvalue weighted by molar-refractivity contribution is 5.89. The predicted molar refractivity (Wildman–Crippen MR) is 67.5 cm³/mol. The van der Waals surface area contributed by atoms with Crippen molar-refractivity contribution < 1.29 is 54.8 Å². The number of hydrogen-bond acceptors (Lipinski definition) is 11. The summed E-state index contributed by atoms with van der Waals surface area (Å²) in [5.74, 6) is -2.79. The third-order valence-electron chi connectivity index (χ3n) is 3.54. The minimum atomic E-state index is -1.79. The summed E-state index contributed by atoms with van der Waals surface area (Å²) < 4.78 is 14.6. The highest BCUT2D eigenvalue weighted by Gasteiger charge is 2.48. The number of aliphatic hydroxyl groups is 7. The third-order valence-corrected chi connectivity index (χ3v) is 3.54. The summed E-state index contributed by atoms with van der Waals surface area (Å²) in [5.41, 5.74) is 0. The Morgan fingerprint density at radius 1 is 1.13 bits per heavy atom. The molecule has 0 unspecified atom stereocenters. The summed E-state index contributed by atoms with van der Waals surface area (Å²) in [6.07, 6.45) is -11.2. The SMILES string of the molecule is O=C1O[C@@H]([C@@H](O)CO)C(O)=C1O[C@H]1O[C@H](CO)[C@@H](O)[C@H](O)[C@H]1O. The lowest BCUT2D eigenvalue weighted by Crippen LogP contribution is -2.59. The number of aliphatic hydroxyl groups excluding tert-OH is 7. The van der Waals surface area contributed by atoms with Crippen molar-refractivity contribution in [1.82, 2.24) is 0 Å². The Kier molecular flexibility index (Phi) is 5.41. The van der Waals surface area contributed by atoms with E-state index in [2.05, 4.69) is 4.74 Å². The van der Waals surface area contributed by atoms with Crippen LogP contribution in [0.1, 0.15) is 0 Å².